The third kappa shape index (κ3) is 2.86. The molecule has 0 saturated carbocycles. The van der Waals surface area contributed by atoms with Crippen molar-refractivity contribution in [2.24, 2.45) is 0 Å². The van der Waals surface area contributed by atoms with E-state index < -0.39 is 0 Å². The molecule has 3 aromatic rings. The van der Waals surface area contributed by atoms with Gasteiger partial charge in [0.1, 0.15) is 12.3 Å². The quantitative estimate of drug-likeness (QED) is 0.795. The topological polar surface area (TPSA) is 73.2 Å². The average Bonchev–Trinajstić information content (AvgIpc) is 2.64. The monoisotopic (exact) mass is 323 g/mol. The number of ether oxygens (including phenoxy) is 1. The zero-order chi connectivity index (χ0) is 17.1. The molecule has 2 aromatic carbocycles. The van der Waals surface area contributed by atoms with E-state index in [-0.39, 0.29) is 18.0 Å². The lowest BCUT2D eigenvalue weighted by atomic mass is 10.0. The Labute approximate surface area is 138 Å². The van der Waals surface area contributed by atoms with Gasteiger partial charge in [-0.05, 0) is 30.3 Å². The lowest BCUT2D eigenvalue weighted by Gasteiger charge is -2.11. The van der Waals surface area contributed by atoms with E-state index in [1.165, 1.54) is 11.7 Å². The average molecular weight is 323 g/mol. The van der Waals surface area contributed by atoms with Gasteiger partial charge >= 0.3 is 0 Å². The molecule has 122 valence electrons. The number of carbonyl (C=O) groups is 1. The minimum atomic E-state index is -0.286. The van der Waals surface area contributed by atoms with Crippen LogP contribution in [-0.2, 0) is 11.3 Å². The SMILES string of the molecule is CNC(=O)Cn1nc(-c2ccc(OC)cc2)c2ccccc2c1=O. The molecule has 1 amide bonds. The Kier molecular flexibility index (Phi) is 4.29. The van der Waals surface area contributed by atoms with E-state index in [2.05, 4.69) is 10.4 Å². The molecule has 6 heteroatoms. The number of aromatic nitrogens is 2. The molecule has 0 radical (unpaired) electrons. The Hall–Kier alpha value is -3.15. The third-order valence-corrected chi connectivity index (χ3v) is 3.80. The van der Waals surface area contributed by atoms with Crippen molar-refractivity contribution < 1.29 is 9.53 Å². The number of methoxy groups -OCH3 is 1. The fourth-order valence-electron chi connectivity index (χ4n) is 2.52. The number of amides is 1. The maximum atomic E-state index is 12.6. The number of likely N-dealkylation sites (N-methyl/N-ethyl adjacent to an activating group) is 1. The first-order valence-corrected chi connectivity index (χ1v) is 7.49. The van der Waals surface area contributed by atoms with Crippen molar-refractivity contribution in [1.82, 2.24) is 15.1 Å². The first-order valence-electron chi connectivity index (χ1n) is 7.49. The first-order chi connectivity index (χ1) is 11.6. The van der Waals surface area contributed by atoms with Crippen molar-refractivity contribution in [2.75, 3.05) is 14.2 Å². The molecule has 1 aromatic heterocycles. The summed E-state index contributed by atoms with van der Waals surface area (Å²) in [4.78, 5) is 24.2. The summed E-state index contributed by atoms with van der Waals surface area (Å²) in [5.41, 5.74) is 1.21. The summed E-state index contributed by atoms with van der Waals surface area (Å²) >= 11 is 0. The zero-order valence-electron chi connectivity index (χ0n) is 13.4. The van der Waals surface area contributed by atoms with E-state index in [1.807, 2.05) is 36.4 Å². The largest absolute Gasteiger partial charge is 0.497 e. The Balaban J connectivity index is 2.23. The highest BCUT2D eigenvalue weighted by Gasteiger charge is 2.13. The van der Waals surface area contributed by atoms with Crippen LogP contribution >= 0.6 is 0 Å². The van der Waals surface area contributed by atoms with Gasteiger partial charge in [0.05, 0.1) is 18.2 Å². The summed E-state index contributed by atoms with van der Waals surface area (Å²) < 4.78 is 6.37. The predicted molar refractivity (Wildman–Crippen MR) is 92.1 cm³/mol. The second-order valence-corrected chi connectivity index (χ2v) is 5.26. The molecule has 3 rings (SSSR count). The summed E-state index contributed by atoms with van der Waals surface area (Å²) in [6.45, 7) is -0.122. The van der Waals surface area contributed by atoms with Crippen LogP contribution in [0.2, 0.25) is 0 Å². The first kappa shape index (κ1) is 15.7. The number of hydrogen-bond donors (Lipinski definition) is 1. The maximum Gasteiger partial charge on any atom is 0.275 e. The molecule has 1 N–H and O–H groups in total. The highest BCUT2D eigenvalue weighted by Crippen LogP contribution is 2.26. The van der Waals surface area contributed by atoms with E-state index >= 15 is 0 Å². The van der Waals surface area contributed by atoms with Crippen molar-refractivity contribution >= 4 is 16.7 Å². The number of nitrogens with zero attached hydrogens (tertiary/aromatic N) is 2. The van der Waals surface area contributed by atoms with E-state index in [1.54, 1.807) is 19.2 Å². The van der Waals surface area contributed by atoms with Crippen LogP contribution in [0.15, 0.2) is 53.3 Å². The van der Waals surface area contributed by atoms with Crippen LogP contribution in [0.4, 0.5) is 0 Å². The lowest BCUT2D eigenvalue weighted by Crippen LogP contribution is -2.32. The normalized spacial score (nSPS) is 10.6. The lowest BCUT2D eigenvalue weighted by molar-refractivity contribution is -0.121. The fourth-order valence-corrected chi connectivity index (χ4v) is 2.52. The molecule has 0 aliphatic heterocycles. The van der Waals surface area contributed by atoms with Crippen LogP contribution in [0, 0.1) is 0 Å². The van der Waals surface area contributed by atoms with Crippen LogP contribution in [0.25, 0.3) is 22.0 Å². The van der Waals surface area contributed by atoms with Crippen molar-refractivity contribution in [2.45, 2.75) is 6.54 Å². The van der Waals surface area contributed by atoms with E-state index in [4.69, 9.17) is 4.74 Å². The van der Waals surface area contributed by atoms with Gasteiger partial charge in [0, 0.05) is 18.0 Å². The molecule has 1 heterocycles. The maximum absolute atomic E-state index is 12.6. The minimum absolute atomic E-state index is 0.122. The number of benzene rings is 2. The second-order valence-electron chi connectivity index (χ2n) is 5.26. The van der Waals surface area contributed by atoms with Gasteiger partial charge in [0.15, 0.2) is 0 Å². The van der Waals surface area contributed by atoms with E-state index in [0.717, 1.165) is 16.7 Å². The molecule has 0 saturated heterocycles. The Morgan fingerprint density at radius 1 is 1.12 bits per heavy atom. The number of fused-ring (bicyclic) bond motifs is 1. The number of carbonyl (C=O) groups excluding carboxylic acids is 1. The molecule has 0 aliphatic carbocycles. The van der Waals surface area contributed by atoms with Gasteiger partial charge in [-0.2, -0.15) is 5.10 Å². The van der Waals surface area contributed by atoms with Gasteiger partial charge in [-0.15, -0.1) is 0 Å². The molecule has 0 bridgehead atoms. The summed E-state index contributed by atoms with van der Waals surface area (Å²) in [5.74, 6) is 0.460. The van der Waals surface area contributed by atoms with E-state index in [0.29, 0.717) is 11.1 Å². The van der Waals surface area contributed by atoms with Gasteiger partial charge in [0.25, 0.3) is 5.56 Å². The third-order valence-electron chi connectivity index (χ3n) is 3.80. The molecular formula is C18H17N3O3. The molecule has 24 heavy (non-hydrogen) atoms. The van der Waals surface area contributed by atoms with Crippen LogP contribution in [0.3, 0.4) is 0 Å². The smallest absolute Gasteiger partial charge is 0.275 e. The number of nitrogens with one attached hydrogen (secondary N) is 1. The van der Waals surface area contributed by atoms with Crippen LogP contribution in [0.5, 0.6) is 5.75 Å². The Morgan fingerprint density at radius 3 is 2.42 bits per heavy atom. The molecule has 0 unspecified atom stereocenters. The van der Waals surface area contributed by atoms with Crippen molar-refractivity contribution in [3.05, 3.63) is 58.9 Å². The van der Waals surface area contributed by atoms with Crippen LogP contribution in [0.1, 0.15) is 0 Å². The van der Waals surface area contributed by atoms with Gasteiger partial charge in [-0.25, -0.2) is 4.68 Å². The Morgan fingerprint density at radius 2 is 1.79 bits per heavy atom. The fraction of sp³-hybridized carbons (Fsp3) is 0.167. The molecule has 0 fully saturated rings. The summed E-state index contributed by atoms with van der Waals surface area (Å²) in [5, 5.41) is 8.21. The van der Waals surface area contributed by atoms with E-state index in [9.17, 15) is 9.59 Å². The second kappa shape index (κ2) is 6.54. The van der Waals surface area contributed by atoms with Gasteiger partial charge in [-0.3, -0.25) is 9.59 Å². The number of rotatable bonds is 4. The molecule has 0 aliphatic rings. The minimum Gasteiger partial charge on any atom is -0.497 e. The molecule has 6 nitrogen and oxygen atoms in total. The highest BCUT2D eigenvalue weighted by molar-refractivity contribution is 5.94. The molecule has 0 atom stereocenters. The summed E-state index contributed by atoms with van der Waals surface area (Å²) in [7, 11) is 3.13. The number of hydrogen-bond acceptors (Lipinski definition) is 4. The zero-order valence-corrected chi connectivity index (χ0v) is 13.4. The van der Waals surface area contributed by atoms with Crippen molar-refractivity contribution in [3.63, 3.8) is 0 Å². The Bertz CT molecular complexity index is 946. The van der Waals surface area contributed by atoms with Gasteiger partial charge < -0.3 is 10.1 Å². The molecule has 0 spiro atoms. The van der Waals surface area contributed by atoms with Crippen molar-refractivity contribution in [1.29, 1.82) is 0 Å². The standard InChI is InChI=1S/C18H17N3O3/c1-19-16(22)11-21-18(23)15-6-4-3-5-14(15)17(20-21)12-7-9-13(24-2)10-8-12/h3-10H,11H2,1-2H3,(H,19,22). The highest BCUT2D eigenvalue weighted by atomic mass is 16.5. The summed E-state index contributed by atoms with van der Waals surface area (Å²) in [6, 6.07) is 14.7. The van der Waals surface area contributed by atoms with Crippen LogP contribution < -0.4 is 15.6 Å². The summed E-state index contributed by atoms with van der Waals surface area (Å²) in [6.07, 6.45) is 0. The van der Waals surface area contributed by atoms with Crippen LogP contribution in [-0.4, -0.2) is 29.8 Å². The predicted octanol–water partition coefficient (Wildman–Crippen LogP) is 1.82. The molecular weight excluding hydrogens is 306 g/mol. The van der Waals surface area contributed by atoms with Crippen molar-refractivity contribution in [3.8, 4) is 17.0 Å². The van der Waals surface area contributed by atoms with Gasteiger partial charge in [-0.1, -0.05) is 18.2 Å². The van der Waals surface area contributed by atoms with Gasteiger partial charge in [0.2, 0.25) is 5.91 Å².